The molecule has 1 aromatic heterocycles. The zero-order chi connectivity index (χ0) is 19.7. The van der Waals surface area contributed by atoms with Crippen molar-refractivity contribution in [2.75, 3.05) is 40.8 Å². The number of benzene rings is 1. The minimum Gasteiger partial charge on any atom is -0.497 e. The first-order valence-corrected chi connectivity index (χ1v) is 9.47. The summed E-state index contributed by atoms with van der Waals surface area (Å²) in [5.41, 5.74) is 2.04. The fraction of sp³-hybridized carbons (Fsp3) is 0.524. The first-order chi connectivity index (χ1) is 12.8. The van der Waals surface area contributed by atoms with Gasteiger partial charge in [-0.15, -0.1) is 0 Å². The molecule has 2 aromatic rings. The van der Waals surface area contributed by atoms with Crippen LogP contribution in [-0.2, 0) is 11.2 Å². The second kappa shape index (κ2) is 7.72. The molecular formula is C21H29N3O3. The Labute approximate surface area is 160 Å². The first-order valence-electron chi connectivity index (χ1n) is 9.47. The van der Waals surface area contributed by atoms with Gasteiger partial charge in [-0.1, -0.05) is 13.8 Å². The molecule has 0 N–H and O–H groups in total. The number of hydrogen-bond donors (Lipinski definition) is 0. The van der Waals surface area contributed by atoms with Crippen molar-refractivity contribution in [1.82, 2.24) is 14.4 Å². The molecule has 0 spiro atoms. The van der Waals surface area contributed by atoms with Gasteiger partial charge in [0, 0.05) is 37.1 Å². The van der Waals surface area contributed by atoms with E-state index < -0.39 is 0 Å². The molecule has 1 aromatic carbocycles. The number of fused-ring (bicyclic) bond motifs is 1. The van der Waals surface area contributed by atoms with E-state index in [9.17, 15) is 9.59 Å². The highest BCUT2D eigenvalue weighted by Gasteiger charge is 2.37. The van der Waals surface area contributed by atoms with Gasteiger partial charge in [0.15, 0.2) is 0 Å². The average molecular weight is 371 g/mol. The molecule has 1 amide bonds. The molecule has 1 saturated heterocycles. The SMILES string of the molecule is COc1ccc2c(c1)c(CCN(C)C)cn2C(=O)C1CN(C(=O)C(C)C)C1. The van der Waals surface area contributed by atoms with Gasteiger partial charge in [-0.3, -0.25) is 14.2 Å². The number of amides is 1. The number of hydrogen-bond acceptors (Lipinski definition) is 4. The molecule has 6 heteroatoms. The minimum atomic E-state index is -0.132. The summed E-state index contributed by atoms with van der Waals surface area (Å²) in [4.78, 5) is 29.0. The zero-order valence-corrected chi connectivity index (χ0v) is 16.9. The molecule has 146 valence electrons. The van der Waals surface area contributed by atoms with Gasteiger partial charge in [0.05, 0.1) is 18.5 Å². The van der Waals surface area contributed by atoms with Crippen LogP contribution >= 0.6 is 0 Å². The maximum absolute atomic E-state index is 13.1. The maximum atomic E-state index is 13.1. The van der Waals surface area contributed by atoms with Gasteiger partial charge in [0.25, 0.3) is 0 Å². The van der Waals surface area contributed by atoms with Crippen LogP contribution in [0.25, 0.3) is 10.9 Å². The number of carbonyl (C=O) groups excluding carboxylic acids is 2. The van der Waals surface area contributed by atoms with E-state index in [4.69, 9.17) is 4.74 Å². The molecule has 1 fully saturated rings. The third kappa shape index (κ3) is 3.86. The van der Waals surface area contributed by atoms with Crippen LogP contribution in [0.3, 0.4) is 0 Å². The van der Waals surface area contributed by atoms with Gasteiger partial charge in [-0.2, -0.15) is 0 Å². The molecule has 1 aliphatic heterocycles. The highest BCUT2D eigenvalue weighted by atomic mass is 16.5. The van der Waals surface area contributed by atoms with E-state index in [2.05, 4.69) is 4.90 Å². The highest BCUT2D eigenvalue weighted by Crippen LogP contribution is 2.29. The monoisotopic (exact) mass is 371 g/mol. The van der Waals surface area contributed by atoms with E-state index in [1.54, 1.807) is 16.6 Å². The van der Waals surface area contributed by atoms with E-state index in [0.29, 0.717) is 13.1 Å². The number of aromatic nitrogens is 1. The molecule has 0 radical (unpaired) electrons. The van der Waals surface area contributed by atoms with Crippen LogP contribution in [-0.4, -0.2) is 67.0 Å². The van der Waals surface area contributed by atoms with Gasteiger partial charge in [-0.25, -0.2) is 0 Å². The largest absolute Gasteiger partial charge is 0.497 e. The van der Waals surface area contributed by atoms with Crippen molar-refractivity contribution in [3.8, 4) is 5.75 Å². The Morgan fingerprint density at radius 1 is 1.26 bits per heavy atom. The van der Waals surface area contributed by atoms with Gasteiger partial charge >= 0.3 is 0 Å². The standard InChI is InChI=1S/C21H29N3O3/c1-14(2)20(25)23-11-16(12-23)21(26)24-13-15(8-9-22(3)4)18-10-17(27-5)6-7-19(18)24/h6-7,10,13-14,16H,8-9,11-12H2,1-5H3. The lowest BCUT2D eigenvalue weighted by Crippen LogP contribution is -2.55. The van der Waals surface area contributed by atoms with E-state index in [1.807, 2.05) is 52.3 Å². The van der Waals surface area contributed by atoms with Crippen molar-refractivity contribution < 1.29 is 14.3 Å². The molecule has 1 aliphatic rings. The quantitative estimate of drug-likeness (QED) is 0.783. The van der Waals surface area contributed by atoms with Gasteiger partial charge in [0.2, 0.25) is 11.8 Å². The Bertz CT molecular complexity index is 848. The molecule has 3 rings (SSSR count). The number of carbonyl (C=O) groups is 2. The van der Waals surface area contributed by atoms with Crippen LogP contribution < -0.4 is 4.74 Å². The fourth-order valence-corrected chi connectivity index (χ4v) is 3.51. The van der Waals surface area contributed by atoms with Gasteiger partial charge in [0.1, 0.15) is 5.75 Å². The van der Waals surface area contributed by atoms with Crippen molar-refractivity contribution in [2.24, 2.45) is 11.8 Å². The summed E-state index contributed by atoms with van der Waals surface area (Å²) in [5.74, 6) is 0.809. The zero-order valence-electron chi connectivity index (χ0n) is 16.9. The molecule has 0 atom stereocenters. The number of likely N-dealkylation sites (tertiary alicyclic amines) is 1. The van der Waals surface area contributed by atoms with E-state index in [0.717, 1.165) is 35.2 Å². The van der Waals surface area contributed by atoms with E-state index >= 15 is 0 Å². The van der Waals surface area contributed by atoms with Crippen molar-refractivity contribution in [3.63, 3.8) is 0 Å². The van der Waals surface area contributed by atoms with Crippen LogP contribution in [0, 0.1) is 11.8 Å². The van der Waals surface area contributed by atoms with Crippen LogP contribution in [0.2, 0.25) is 0 Å². The topological polar surface area (TPSA) is 54.8 Å². The van der Waals surface area contributed by atoms with Crippen LogP contribution in [0.1, 0.15) is 24.2 Å². The maximum Gasteiger partial charge on any atom is 0.237 e. The fourth-order valence-electron chi connectivity index (χ4n) is 3.51. The molecule has 27 heavy (non-hydrogen) atoms. The summed E-state index contributed by atoms with van der Waals surface area (Å²) < 4.78 is 7.13. The van der Waals surface area contributed by atoms with Crippen LogP contribution in [0.15, 0.2) is 24.4 Å². The molecule has 0 aliphatic carbocycles. The number of likely N-dealkylation sites (N-methyl/N-ethyl adjacent to an activating group) is 1. The molecule has 0 bridgehead atoms. The predicted molar refractivity (Wildman–Crippen MR) is 106 cm³/mol. The average Bonchev–Trinajstić information content (AvgIpc) is 2.96. The summed E-state index contributed by atoms with van der Waals surface area (Å²) in [6.07, 6.45) is 2.82. The number of rotatable bonds is 6. The van der Waals surface area contributed by atoms with Gasteiger partial charge in [-0.05, 0) is 44.3 Å². The Morgan fingerprint density at radius 3 is 2.56 bits per heavy atom. The Hall–Kier alpha value is -2.34. The lowest BCUT2D eigenvalue weighted by atomic mass is 9.97. The molecule has 2 heterocycles. The van der Waals surface area contributed by atoms with E-state index in [-0.39, 0.29) is 23.7 Å². The minimum absolute atomic E-state index is 0.0291. The highest BCUT2D eigenvalue weighted by molar-refractivity contribution is 5.97. The predicted octanol–water partition coefficient (Wildman–Crippen LogP) is 2.51. The number of ether oxygens (including phenoxy) is 1. The third-order valence-corrected chi connectivity index (χ3v) is 5.20. The number of methoxy groups -OCH3 is 1. The molecule has 0 unspecified atom stereocenters. The van der Waals surface area contributed by atoms with Crippen LogP contribution in [0.5, 0.6) is 5.75 Å². The third-order valence-electron chi connectivity index (χ3n) is 5.20. The first kappa shape index (κ1) is 19.4. The summed E-state index contributed by atoms with van der Waals surface area (Å²) in [6, 6.07) is 5.83. The van der Waals surface area contributed by atoms with Crippen LogP contribution in [0.4, 0.5) is 0 Å². The smallest absolute Gasteiger partial charge is 0.237 e. The van der Waals surface area contributed by atoms with Crippen molar-refractivity contribution in [2.45, 2.75) is 20.3 Å². The molecule has 6 nitrogen and oxygen atoms in total. The van der Waals surface area contributed by atoms with Crippen molar-refractivity contribution >= 4 is 22.7 Å². The van der Waals surface area contributed by atoms with Gasteiger partial charge < -0.3 is 14.5 Å². The summed E-state index contributed by atoms with van der Waals surface area (Å²) in [6.45, 7) is 5.71. The number of nitrogens with zero attached hydrogens (tertiary/aromatic N) is 3. The van der Waals surface area contributed by atoms with Crippen molar-refractivity contribution in [1.29, 1.82) is 0 Å². The second-order valence-electron chi connectivity index (χ2n) is 7.89. The summed E-state index contributed by atoms with van der Waals surface area (Å²) >= 11 is 0. The van der Waals surface area contributed by atoms with Crippen molar-refractivity contribution in [3.05, 3.63) is 30.0 Å². The summed E-state index contributed by atoms with van der Waals surface area (Å²) in [5, 5.41) is 1.05. The van der Waals surface area contributed by atoms with E-state index in [1.165, 1.54) is 0 Å². The lowest BCUT2D eigenvalue weighted by Gasteiger charge is -2.39. The molecule has 0 saturated carbocycles. The summed E-state index contributed by atoms with van der Waals surface area (Å²) in [7, 11) is 5.73. The Morgan fingerprint density at radius 2 is 1.96 bits per heavy atom. The second-order valence-corrected chi connectivity index (χ2v) is 7.89. The Kier molecular flexibility index (Phi) is 5.56. The lowest BCUT2D eigenvalue weighted by molar-refractivity contribution is -0.139. The Balaban J connectivity index is 1.86. The normalized spacial score (nSPS) is 14.9. The molecular weight excluding hydrogens is 342 g/mol.